The lowest BCUT2D eigenvalue weighted by atomic mass is 9.68. The van der Waals surface area contributed by atoms with Crippen molar-refractivity contribution >= 4 is 22.7 Å². The first-order valence-electron chi connectivity index (χ1n) is 13.2. The Labute approximate surface area is 225 Å². The molecule has 0 bridgehead atoms. The molecule has 2 aliphatic rings. The predicted octanol–water partition coefficient (Wildman–Crippen LogP) is 4.68. The van der Waals surface area contributed by atoms with Gasteiger partial charge in [0.2, 0.25) is 0 Å². The lowest BCUT2D eigenvalue weighted by Crippen LogP contribution is -2.55. The average molecular weight is 528 g/mol. The first-order valence-corrected chi connectivity index (χ1v) is 13.2. The number of amides is 2. The van der Waals surface area contributed by atoms with Crippen LogP contribution in [0.15, 0.2) is 72.8 Å². The molecule has 8 heteroatoms. The molecule has 1 spiro atoms. The van der Waals surface area contributed by atoms with Crippen molar-refractivity contribution in [1.29, 1.82) is 0 Å². The van der Waals surface area contributed by atoms with E-state index in [9.17, 15) is 19.1 Å². The fourth-order valence-corrected chi connectivity index (χ4v) is 6.32. The number of ether oxygens (including phenoxy) is 1. The maximum atomic E-state index is 14.1. The Bertz CT molecular complexity index is 1540. The lowest BCUT2D eigenvalue weighted by molar-refractivity contribution is 0.0325. The number of hydrogen-bond acceptors (Lipinski definition) is 4. The zero-order valence-corrected chi connectivity index (χ0v) is 21.7. The molecule has 3 heterocycles. The summed E-state index contributed by atoms with van der Waals surface area (Å²) in [5, 5.41) is 11.6. The van der Waals surface area contributed by atoms with Gasteiger partial charge in [0.25, 0.3) is 11.8 Å². The summed E-state index contributed by atoms with van der Waals surface area (Å²) >= 11 is 0. The third-order valence-corrected chi connectivity index (χ3v) is 8.28. The van der Waals surface area contributed by atoms with Crippen molar-refractivity contribution in [2.24, 2.45) is 0 Å². The van der Waals surface area contributed by atoms with Crippen LogP contribution >= 0.6 is 0 Å². The van der Waals surface area contributed by atoms with E-state index in [4.69, 9.17) is 4.74 Å². The van der Waals surface area contributed by atoms with Gasteiger partial charge in [-0.05, 0) is 60.9 Å². The summed E-state index contributed by atoms with van der Waals surface area (Å²) in [6, 6.07) is 20.1. The highest BCUT2D eigenvalue weighted by Gasteiger charge is 2.49. The molecule has 1 fully saturated rings. The zero-order chi connectivity index (χ0) is 27.1. The van der Waals surface area contributed by atoms with Gasteiger partial charge in [0, 0.05) is 58.8 Å². The second-order valence-electron chi connectivity index (χ2n) is 10.4. The Morgan fingerprint density at radius 1 is 1.00 bits per heavy atom. The molecule has 7 nitrogen and oxygen atoms in total. The minimum absolute atomic E-state index is 0.00826. The second-order valence-corrected chi connectivity index (χ2v) is 10.4. The number of aromatic nitrogens is 1. The van der Waals surface area contributed by atoms with E-state index in [2.05, 4.69) is 4.98 Å². The minimum atomic E-state index is -0.622. The molecule has 0 aliphatic carbocycles. The Balaban J connectivity index is 1.42. The van der Waals surface area contributed by atoms with E-state index >= 15 is 0 Å². The van der Waals surface area contributed by atoms with Gasteiger partial charge >= 0.3 is 0 Å². The molecular formula is C31H30FN3O4. The van der Waals surface area contributed by atoms with Crippen molar-refractivity contribution in [2.45, 2.75) is 24.3 Å². The molecule has 1 atom stereocenters. The Kier molecular flexibility index (Phi) is 6.35. The van der Waals surface area contributed by atoms with Crippen LogP contribution in [-0.2, 0) is 5.41 Å². The number of benzene rings is 3. The fraction of sp³-hybridized carbons (Fsp3) is 0.290. The largest absolute Gasteiger partial charge is 0.497 e. The summed E-state index contributed by atoms with van der Waals surface area (Å²) < 4.78 is 19.5. The van der Waals surface area contributed by atoms with Crippen LogP contribution in [0.2, 0.25) is 0 Å². The van der Waals surface area contributed by atoms with Crippen LogP contribution in [0.25, 0.3) is 10.9 Å². The Morgan fingerprint density at radius 2 is 1.74 bits per heavy atom. The monoisotopic (exact) mass is 527 g/mol. The highest BCUT2D eigenvalue weighted by Crippen LogP contribution is 2.49. The van der Waals surface area contributed by atoms with E-state index in [0.717, 1.165) is 22.2 Å². The van der Waals surface area contributed by atoms with E-state index in [-0.39, 0.29) is 24.0 Å². The number of rotatable bonds is 4. The summed E-state index contributed by atoms with van der Waals surface area (Å²) in [6.07, 6.45) is 1.28. The van der Waals surface area contributed by atoms with Crippen LogP contribution in [0, 0.1) is 5.82 Å². The molecule has 6 rings (SSSR count). The zero-order valence-electron chi connectivity index (χ0n) is 21.7. The van der Waals surface area contributed by atoms with E-state index < -0.39 is 17.3 Å². The number of H-pyrrole nitrogens is 1. The average Bonchev–Trinajstić information content (AvgIpc) is 3.37. The number of aromatic amines is 1. The van der Waals surface area contributed by atoms with Crippen molar-refractivity contribution in [3.05, 3.63) is 101 Å². The summed E-state index contributed by atoms with van der Waals surface area (Å²) in [6.45, 7) is 1.13. The highest BCUT2D eigenvalue weighted by atomic mass is 19.1. The van der Waals surface area contributed by atoms with Gasteiger partial charge in [-0.25, -0.2) is 4.39 Å². The van der Waals surface area contributed by atoms with Crippen molar-refractivity contribution in [1.82, 2.24) is 14.8 Å². The van der Waals surface area contributed by atoms with Gasteiger partial charge < -0.3 is 24.6 Å². The number of likely N-dealkylation sites (tertiary alicyclic amines) is 1. The number of aliphatic hydroxyl groups is 1. The predicted molar refractivity (Wildman–Crippen MR) is 145 cm³/mol. The van der Waals surface area contributed by atoms with Gasteiger partial charge in [0.15, 0.2) is 0 Å². The molecule has 3 aromatic carbocycles. The summed E-state index contributed by atoms with van der Waals surface area (Å²) in [7, 11) is 1.61. The van der Waals surface area contributed by atoms with Gasteiger partial charge in [-0.15, -0.1) is 0 Å². The number of methoxy groups -OCH3 is 1. The number of piperidine rings is 1. The van der Waals surface area contributed by atoms with Crippen molar-refractivity contribution in [2.75, 3.05) is 33.4 Å². The molecule has 0 unspecified atom stereocenters. The van der Waals surface area contributed by atoms with E-state index in [1.54, 1.807) is 18.1 Å². The Hall–Kier alpha value is -4.17. The van der Waals surface area contributed by atoms with Crippen molar-refractivity contribution in [3.63, 3.8) is 0 Å². The molecule has 0 radical (unpaired) electrons. The third kappa shape index (κ3) is 4.25. The van der Waals surface area contributed by atoms with Crippen LogP contribution in [0.3, 0.4) is 0 Å². The SMILES string of the molecule is COc1ccc2c3c([nH]c2c1)[C@H](CO)N(C(=O)c1cccc(F)c1)CC31CCN(C(=O)c2ccccc2)CC1. The van der Waals surface area contributed by atoms with E-state index in [0.29, 0.717) is 43.8 Å². The molecule has 1 saturated heterocycles. The lowest BCUT2D eigenvalue weighted by Gasteiger charge is -2.50. The number of fused-ring (bicyclic) bond motifs is 4. The number of halogens is 1. The summed E-state index contributed by atoms with van der Waals surface area (Å²) in [4.78, 5) is 34.0. The van der Waals surface area contributed by atoms with Crippen molar-refractivity contribution in [3.8, 4) is 5.75 Å². The molecule has 200 valence electrons. The molecule has 1 aromatic heterocycles. The van der Waals surface area contributed by atoms with Crippen LogP contribution in [0.1, 0.15) is 50.9 Å². The van der Waals surface area contributed by atoms with Gasteiger partial charge in [-0.1, -0.05) is 24.3 Å². The maximum absolute atomic E-state index is 14.1. The third-order valence-electron chi connectivity index (χ3n) is 8.28. The standard InChI is InChI=1S/C31H30FN3O4/c1-39-23-10-11-24-25(17-23)33-28-26(18-36)35(30(38)21-8-5-9-22(32)16-21)19-31(27(24)28)12-14-34(15-13-31)29(37)20-6-3-2-4-7-20/h2-11,16-17,26,33,36H,12-15,18-19H2,1H3/t26-/m0/s1. The van der Waals surface area contributed by atoms with Crippen LogP contribution in [0.4, 0.5) is 4.39 Å². The van der Waals surface area contributed by atoms with Crippen LogP contribution in [0.5, 0.6) is 5.75 Å². The fourth-order valence-electron chi connectivity index (χ4n) is 6.32. The molecule has 2 aliphatic heterocycles. The summed E-state index contributed by atoms with van der Waals surface area (Å²) in [5.41, 5.74) is 3.15. The maximum Gasteiger partial charge on any atom is 0.254 e. The molecular weight excluding hydrogens is 497 g/mol. The molecule has 2 N–H and O–H groups in total. The molecule has 2 amide bonds. The number of hydrogen-bond donors (Lipinski definition) is 2. The van der Waals surface area contributed by atoms with Gasteiger partial charge in [0.05, 0.1) is 19.8 Å². The molecule has 0 saturated carbocycles. The smallest absolute Gasteiger partial charge is 0.254 e. The topological polar surface area (TPSA) is 85.9 Å². The van der Waals surface area contributed by atoms with E-state index in [1.165, 1.54) is 18.2 Å². The highest BCUT2D eigenvalue weighted by molar-refractivity contribution is 5.96. The van der Waals surface area contributed by atoms with Crippen molar-refractivity contribution < 1.29 is 23.8 Å². The first kappa shape index (κ1) is 25.1. The number of aliphatic hydroxyl groups excluding tert-OH is 1. The number of carbonyl (C=O) groups is 2. The first-order chi connectivity index (χ1) is 18.9. The van der Waals surface area contributed by atoms with E-state index in [1.807, 2.05) is 53.4 Å². The van der Waals surface area contributed by atoms with Gasteiger partial charge in [-0.2, -0.15) is 0 Å². The summed E-state index contributed by atoms with van der Waals surface area (Å²) in [5.74, 6) is -0.130. The number of carbonyl (C=O) groups excluding carboxylic acids is 2. The second kappa shape index (κ2) is 9.85. The molecule has 39 heavy (non-hydrogen) atoms. The minimum Gasteiger partial charge on any atom is -0.497 e. The number of nitrogens with zero attached hydrogens (tertiary/aromatic N) is 2. The van der Waals surface area contributed by atoms with Gasteiger partial charge in [0.1, 0.15) is 11.6 Å². The number of nitrogens with one attached hydrogen (secondary N) is 1. The quantitative estimate of drug-likeness (QED) is 0.404. The Morgan fingerprint density at radius 3 is 2.44 bits per heavy atom. The normalized spacial score (nSPS) is 18.3. The van der Waals surface area contributed by atoms with Gasteiger partial charge in [-0.3, -0.25) is 9.59 Å². The van der Waals surface area contributed by atoms with Crippen LogP contribution in [-0.4, -0.2) is 65.1 Å². The molecule has 4 aromatic rings. The van der Waals surface area contributed by atoms with Crippen LogP contribution < -0.4 is 4.74 Å².